The third-order valence-corrected chi connectivity index (χ3v) is 10.4. The maximum Gasteiger partial charge on any atom is 0.346 e. The van der Waals surface area contributed by atoms with E-state index in [0.717, 1.165) is 45.2 Å². The molecule has 1 heterocycles. The number of hydrogen-bond donors (Lipinski definition) is 0. The Kier molecular flexibility index (Phi) is 32.1. The average Bonchev–Trinajstić information content (AvgIpc) is 3.49. The monoisotopic (exact) mass is 724 g/mol. The summed E-state index contributed by atoms with van der Waals surface area (Å²) >= 11 is 0. The molecular weight excluding hydrogens is 639 g/mol. The van der Waals surface area contributed by atoms with Gasteiger partial charge >= 0.3 is 5.97 Å². The van der Waals surface area contributed by atoms with Crippen molar-refractivity contribution in [2.45, 2.75) is 206 Å². The van der Waals surface area contributed by atoms with Crippen LogP contribution in [0.5, 0.6) is 0 Å². The third kappa shape index (κ3) is 25.1. The van der Waals surface area contributed by atoms with Gasteiger partial charge < -0.3 is 9.64 Å². The van der Waals surface area contributed by atoms with Gasteiger partial charge in [0.25, 0.3) is 0 Å². The van der Waals surface area contributed by atoms with Crippen LogP contribution in [0, 0.1) is 0 Å². The zero-order chi connectivity index (χ0) is 37.8. The van der Waals surface area contributed by atoms with Crippen LogP contribution in [-0.2, 0) is 9.53 Å². The Morgan fingerprint density at radius 2 is 1.04 bits per heavy atom. The fourth-order valence-electron chi connectivity index (χ4n) is 7.29. The second kappa shape index (κ2) is 34.8. The Balaban J connectivity index is 2.51. The number of aliphatic imine (C=N–C) groups is 1. The van der Waals surface area contributed by atoms with E-state index >= 15 is 0 Å². The lowest BCUT2D eigenvalue weighted by atomic mass is 9.85. The van der Waals surface area contributed by atoms with Gasteiger partial charge in [-0.1, -0.05) is 152 Å². The van der Waals surface area contributed by atoms with Crippen molar-refractivity contribution in [1.29, 1.82) is 0 Å². The van der Waals surface area contributed by atoms with E-state index in [-0.39, 0.29) is 11.5 Å². The van der Waals surface area contributed by atoms with E-state index in [1.165, 1.54) is 141 Å². The summed E-state index contributed by atoms with van der Waals surface area (Å²) in [5.41, 5.74) is -0.131. The number of unbranched alkanes of at least 4 members (excludes halogenated alkanes) is 18. The van der Waals surface area contributed by atoms with Gasteiger partial charge in [0.05, 0.1) is 12.1 Å². The van der Waals surface area contributed by atoms with Crippen LogP contribution in [0.1, 0.15) is 194 Å². The standard InChI is InChI=1S/C47H85N3O2/c1-6-9-11-13-15-17-19-21-23-25-27-29-31-33-35-37-40-47(44-48-45(46(51)52-8-3)50(47)43-39-42-49(4)5)41-38-36-34-32-30-28-26-24-22-20-18-16-14-12-10-7-2/h15-18,21-24,44-45H,6-14,19-20,25-43H2,1-5H3/b17-15+,18-16+,23-21+,24-22+. The molecule has 0 radical (unpaired) electrons. The predicted octanol–water partition coefficient (Wildman–Crippen LogP) is 13.4. The Morgan fingerprint density at radius 1 is 0.615 bits per heavy atom. The van der Waals surface area contributed by atoms with E-state index in [2.05, 4.69) is 92.6 Å². The number of hydrogen-bond acceptors (Lipinski definition) is 5. The number of esters is 1. The molecule has 52 heavy (non-hydrogen) atoms. The van der Waals surface area contributed by atoms with Gasteiger partial charge in [-0.2, -0.15) is 0 Å². The van der Waals surface area contributed by atoms with Crippen LogP contribution in [0.25, 0.3) is 0 Å². The van der Waals surface area contributed by atoms with Gasteiger partial charge in [0.1, 0.15) is 0 Å². The lowest BCUT2D eigenvalue weighted by Gasteiger charge is -2.39. The summed E-state index contributed by atoms with van der Waals surface area (Å²) in [7, 11) is 4.26. The molecule has 0 bridgehead atoms. The summed E-state index contributed by atoms with van der Waals surface area (Å²) in [6, 6.07) is 0. The Morgan fingerprint density at radius 3 is 1.46 bits per heavy atom. The van der Waals surface area contributed by atoms with Gasteiger partial charge in [-0.05, 0) is 111 Å². The fraction of sp³-hybridized carbons (Fsp3) is 0.787. The Labute approximate surface area is 323 Å². The summed E-state index contributed by atoms with van der Waals surface area (Å²) < 4.78 is 5.53. The van der Waals surface area contributed by atoms with Gasteiger partial charge in [-0.15, -0.1) is 0 Å². The second-order valence-electron chi connectivity index (χ2n) is 15.5. The first-order valence-electron chi connectivity index (χ1n) is 22.2. The molecule has 0 aromatic rings. The highest BCUT2D eigenvalue weighted by molar-refractivity contribution is 5.84. The first kappa shape index (κ1) is 48.0. The van der Waals surface area contributed by atoms with Gasteiger partial charge in [0.15, 0.2) is 0 Å². The molecule has 300 valence electrons. The van der Waals surface area contributed by atoms with E-state index in [4.69, 9.17) is 9.73 Å². The minimum Gasteiger partial charge on any atom is -0.463 e. The topological polar surface area (TPSA) is 45.1 Å². The number of ether oxygens (including phenoxy) is 1. The first-order valence-corrected chi connectivity index (χ1v) is 22.2. The van der Waals surface area contributed by atoms with Crippen molar-refractivity contribution in [2.24, 2.45) is 4.99 Å². The molecule has 1 unspecified atom stereocenters. The molecule has 0 saturated carbocycles. The smallest absolute Gasteiger partial charge is 0.346 e. The summed E-state index contributed by atoms with van der Waals surface area (Å²) in [5.74, 6) is -0.181. The second-order valence-corrected chi connectivity index (χ2v) is 15.5. The van der Waals surface area contributed by atoms with Crippen LogP contribution in [0.2, 0.25) is 0 Å². The lowest BCUT2D eigenvalue weighted by Crippen LogP contribution is -2.53. The van der Waals surface area contributed by atoms with Crippen LogP contribution in [0.15, 0.2) is 53.6 Å². The first-order chi connectivity index (χ1) is 25.5. The van der Waals surface area contributed by atoms with E-state index < -0.39 is 6.17 Å². The highest BCUT2D eigenvalue weighted by atomic mass is 16.5. The highest BCUT2D eigenvalue weighted by Crippen LogP contribution is 2.35. The van der Waals surface area contributed by atoms with Crippen LogP contribution >= 0.6 is 0 Å². The van der Waals surface area contributed by atoms with Crippen molar-refractivity contribution in [3.63, 3.8) is 0 Å². The third-order valence-electron chi connectivity index (χ3n) is 10.4. The molecule has 5 heteroatoms. The number of carbonyl (C=O) groups is 1. The summed E-state index contributed by atoms with van der Waals surface area (Å²) in [4.78, 5) is 22.6. The summed E-state index contributed by atoms with van der Waals surface area (Å²) in [5, 5.41) is 0. The van der Waals surface area contributed by atoms with Crippen molar-refractivity contribution in [3.05, 3.63) is 48.6 Å². The number of carbonyl (C=O) groups excluding carboxylic acids is 1. The zero-order valence-electron chi connectivity index (χ0n) is 35.1. The molecule has 0 N–H and O–H groups in total. The van der Waals surface area contributed by atoms with Gasteiger partial charge in [0, 0.05) is 12.8 Å². The zero-order valence-corrected chi connectivity index (χ0v) is 35.1. The molecule has 5 nitrogen and oxygen atoms in total. The van der Waals surface area contributed by atoms with Crippen LogP contribution in [0.4, 0.5) is 0 Å². The Hall–Kier alpha value is -1.98. The molecule has 0 amide bonds. The van der Waals surface area contributed by atoms with Crippen LogP contribution in [-0.4, -0.2) is 67.5 Å². The minimum atomic E-state index is -0.490. The maximum atomic E-state index is 13.1. The lowest BCUT2D eigenvalue weighted by molar-refractivity contribution is -0.150. The van der Waals surface area contributed by atoms with E-state index in [0.29, 0.717) is 6.61 Å². The molecule has 1 atom stereocenters. The molecule has 0 spiro atoms. The SMILES string of the molecule is CCCCC/C=C/C/C=C/CCCCCCCCC1(CCCCCCCC/C=C/C/C=C/CCCCC)C=NC(C(=O)OCC)N1CCCN(C)C. The van der Waals surface area contributed by atoms with Gasteiger partial charge in [-0.3, -0.25) is 9.89 Å². The molecule has 1 rings (SSSR count). The average molecular weight is 724 g/mol. The molecular formula is C47H85N3O2. The largest absolute Gasteiger partial charge is 0.463 e. The molecule has 0 aromatic heterocycles. The molecule has 0 aromatic carbocycles. The van der Waals surface area contributed by atoms with Crippen molar-refractivity contribution >= 4 is 12.2 Å². The summed E-state index contributed by atoms with van der Waals surface area (Å²) in [6.45, 7) is 8.72. The van der Waals surface area contributed by atoms with Crippen molar-refractivity contribution in [2.75, 3.05) is 33.8 Å². The number of allylic oxidation sites excluding steroid dienone is 8. The van der Waals surface area contributed by atoms with Gasteiger partial charge in [-0.25, -0.2) is 4.79 Å². The molecule has 0 saturated heterocycles. The Bertz CT molecular complexity index is 918. The van der Waals surface area contributed by atoms with Crippen LogP contribution in [0.3, 0.4) is 0 Å². The predicted molar refractivity (Wildman–Crippen MR) is 229 cm³/mol. The minimum absolute atomic E-state index is 0.131. The van der Waals surface area contributed by atoms with E-state index in [1.54, 1.807) is 0 Å². The normalized spacial score (nSPS) is 16.3. The fourth-order valence-corrected chi connectivity index (χ4v) is 7.29. The number of rotatable bonds is 36. The van der Waals surface area contributed by atoms with Gasteiger partial charge in [0.2, 0.25) is 6.17 Å². The van der Waals surface area contributed by atoms with Crippen LogP contribution < -0.4 is 0 Å². The highest BCUT2D eigenvalue weighted by Gasteiger charge is 2.45. The van der Waals surface area contributed by atoms with Crippen molar-refractivity contribution < 1.29 is 9.53 Å². The maximum absolute atomic E-state index is 13.1. The number of nitrogens with zero attached hydrogens (tertiary/aromatic N) is 3. The quantitative estimate of drug-likeness (QED) is 0.0367. The molecule has 1 aliphatic heterocycles. The molecule has 0 aliphatic carbocycles. The van der Waals surface area contributed by atoms with Crippen molar-refractivity contribution in [1.82, 2.24) is 9.80 Å². The summed E-state index contributed by atoms with van der Waals surface area (Å²) in [6.07, 6.45) is 53.9. The van der Waals surface area contributed by atoms with E-state index in [1.807, 2.05) is 6.92 Å². The van der Waals surface area contributed by atoms with E-state index in [9.17, 15) is 4.79 Å². The van der Waals surface area contributed by atoms with Crippen molar-refractivity contribution in [3.8, 4) is 0 Å². The molecule has 0 fully saturated rings. The molecule has 1 aliphatic rings.